The lowest BCUT2D eigenvalue weighted by atomic mass is 10.1. The van der Waals surface area contributed by atoms with Crippen molar-refractivity contribution >= 4 is 12.6 Å². The molecular weight excluding hydrogens is 207 g/mol. The quantitative estimate of drug-likeness (QED) is 0.349. The van der Waals surface area contributed by atoms with Crippen LogP contribution in [0.1, 0.15) is 70.6 Å². The van der Waals surface area contributed by atoms with Crippen LogP contribution >= 0.6 is 12.6 Å². The highest BCUT2D eigenvalue weighted by Gasteiger charge is 1.92. The van der Waals surface area contributed by atoms with Crippen molar-refractivity contribution in [3.63, 3.8) is 0 Å². The van der Waals surface area contributed by atoms with E-state index in [9.17, 15) is 4.39 Å². The fourth-order valence-corrected chi connectivity index (χ4v) is 2.02. The van der Waals surface area contributed by atoms with Crippen LogP contribution in [0.25, 0.3) is 0 Å². The molecule has 0 aromatic carbocycles. The molecule has 0 bridgehead atoms. The molecule has 0 radical (unpaired) electrons. The number of hydrogen-bond acceptors (Lipinski definition) is 1. The first-order valence-corrected chi connectivity index (χ1v) is 7.22. The molecule has 0 aromatic heterocycles. The molecule has 15 heavy (non-hydrogen) atoms. The maximum Gasteiger partial charge on any atom is 0.0894 e. The Labute approximate surface area is 100 Å². The summed E-state index contributed by atoms with van der Waals surface area (Å²) in [6.45, 7) is -0.134. The maximum absolute atomic E-state index is 11.8. The molecule has 0 aliphatic carbocycles. The Morgan fingerprint density at radius 2 is 0.867 bits per heavy atom. The van der Waals surface area contributed by atoms with Crippen LogP contribution in [-0.4, -0.2) is 12.4 Å². The van der Waals surface area contributed by atoms with E-state index >= 15 is 0 Å². The number of unbranched alkanes of at least 4 members (excludes halogenated alkanes) is 10. The Morgan fingerprint density at radius 3 is 1.20 bits per heavy atom. The van der Waals surface area contributed by atoms with E-state index in [1.165, 1.54) is 57.8 Å². The normalized spacial score (nSPS) is 10.8. The van der Waals surface area contributed by atoms with Crippen LogP contribution in [0.5, 0.6) is 0 Å². The summed E-state index contributed by atoms with van der Waals surface area (Å²) in [6, 6.07) is 0. The van der Waals surface area contributed by atoms with Gasteiger partial charge in [0.2, 0.25) is 0 Å². The minimum atomic E-state index is -0.134. The molecule has 92 valence electrons. The van der Waals surface area contributed by atoms with Crippen LogP contribution in [-0.2, 0) is 0 Å². The second-order valence-electron chi connectivity index (χ2n) is 4.30. The van der Waals surface area contributed by atoms with Gasteiger partial charge in [0, 0.05) is 0 Å². The molecule has 0 atom stereocenters. The highest BCUT2D eigenvalue weighted by Crippen LogP contribution is 2.11. The van der Waals surface area contributed by atoms with Gasteiger partial charge in [0.15, 0.2) is 0 Å². The Balaban J connectivity index is 2.81. The van der Waals surface area contributed by atoms with E-state index in [1.54, 1.807) is 0 Å². The summed E-state index contributed by atoms with van der Waals surface area (Å²) < 4.78 is 11.8. The molecule has 0 saturated carbocycles. The summed E-state index contributed by atoms with van der Waals surface area (Å²) in [5.41, 5.74) is 0. The number of thiol groups is 1. The monoisotopic (exact) mass is 234 g/mol. The molecule has 0 amide bonds. The zero-order valence-electron chi connectivity index (χ0n) is 10.0. The SMILES string of the molecule is FCCCCCCCCCCCCCS. The summed E-state index contributed by atoms with van der Waals surface area (Å²) in [5, 5.41) is 0. The number of alkyl halides is 1. The van der Waals surface area contributed by atoms with Crippen LogP contribution in [0, 0.1) is 0 Å². The highest BCUT2D eigenvalue weighted by molar-refractivity contribution is 7.80. The van der Waals surface area contributed by atoms with Crippen LogP contribution < -0.4 is 0 Å². The van der Waals surface area contributed by atoms with E-state index in [4.69, 9.17) is 0 Å². The summed E-state index contributed by atoms with van der Waals surface area (Å²) in [6.07, 6.45) is 13.9. The van der Waals surface area contributed by atoms with Gasteiger partial charge >= 0.3 is 0 Å². The topological polar surface area (TPSA) is 0 Å². The third-order valence-electron chi connectivity index (χ3n) is 2.79. The lowest BCUT2D eigenvalue weighted by Gasteiger charge is -2.01. The molecule has 0 rings (SSSR count). The molecule has 0 nitrogen and oxygen atoms in total. The fraction of sp³-hybridized carbons (Fsp3) is 1.00. The summed E-state index contributed by atoms with van der Waals surface area (Å²) in [5.74, 6) is 1.04. The third-order valence-corrected chi connectivity index (χ3v) is 3.11. The zero-order chi connectivity index (χ0) is 11.2. The van der Waals surface area contributed by atoms with E-state index in [2.05, 4.69) is 12.6 Å². The third kappa shape index (κ3) is 14.3. The van der Waals surface area contributed by atoms with Crippen molar-refractivity contribution in [2.24, 2.45) is 0 Å². The van der Waals surface area contributed by atoms with Crippen LogP contribution in [0.2, 0.25) is 0 Å². The number of hydrogen-bond donors (Lipinski definition) is 1. The maximum atomic E-state index is 11.8. The minimum Gasteiger partial charge on any atom is -0.251 e. The Hall–Kier alpha value is 0.280. The minimum absolute atomic E-state index is 0.134. The predicted molar refractivity (Wildman–Crippen MR) is 70.6 cm³/mol. The molecule has 0 saturated heterocycles. The second kappa shape index (κ2) is 14.3. The zero-order valence-corrected chi connectivity index (χ0v) is 10.9. The van der Waals surface area contributed by atoms with Crippen molar-refractivity contribution in [3.05, 3.63) is 0 Å². The summed E-state index contributed by atoms with van der Waals surface area (Å²) in [4.78, 5) is 0. The molecule has 0 fully saturated rings. The van der Waals surface area contributed by atoms with E-state index in [0.717, 1.165) is 18.6 Å². The van der Waals surface area contributed by atoms with Gasteiger partial charge in [0.1, 0.15) is 0 Å². The van der Waals surface area contributed by atoms with Gasteiger partial charge < -0.3 is 0 Å². The highest BCUT2D eigenvalue weighted by atomic mass is 32.1. The van der Waals surface area contributed by atoms with E-state index < -0.39 is 0 Å². The smallest absolute Gasteiger partial charge is 0.0894 e. The van der Waals surface area contributed by atoms with Gasteiger partial charge in [-0.15, -0.1) is 0 Å². The molecule has 2 heteroatoms. The average molecular weight is 234 g/mol. The molecule has 0 heterocycles. The van der Waals surface area contributed by atoms with Crippen molar-refractivity contribution < 1.29 is 4.39 Å². The van der Waals surface area contributed by atoms with Gasteiger partial charge in [0.25, 0.3) is 0 Å². The van der Waals surface area contributed by atoms with Crippen molar-refractivity contribution in [1.29, 1.82) is 0 Å². The van der Waals surface area contributed by atoms with Crippen molar-refractivity contribution in [3.8, 4) is 0 Å². The first kappa shape index (κ1) is 15.3. The van der Waals surface area contributed by atoms with E-state index in [0.29, 0.717) is 0 Å². The van der Waals surface area contributed by atoms with Crippen LogP contribution in [0.3, 0.4) is 0 Å². The lowest BCUT2D eigenvalue weighted by Crippen LogP contribution is -1.83. The lowest BCUT2D eigenvalue weighted by molar-refractivity contribution is 0.449. The summed E-state index contributed by atoms with van der Waals surface area (Å²) in [7, 11) is 0. The molecule has 0 aromatic rings. The molecule has 0 N–H and O–H groups in total. The van der Waals surface area contributed by atoms with Gasteiger partial charge in [-0.25, -0.2) is 0 Å². The first-order chi connectivity index (χ1) is 7.41. The Morgan fingerprint density at radius 1 is 0.533 bits per heavy atom. The predicted octanol–water partition coefficient (Wildman–Crippen LogP) is 5.18. The van der Waals surface area contributed by atoms with Gasteiger partial charge in [-0.05, 0) is 18.6 Å². The van der Waals surface area contributed by atoms with E-state index in [1.807, 2.05) is 0 Å². The summed E-state index contributed by atoms with van der Waals surface area (Å²) >= 11 is 4.19. The van der Waals surface area contributed by atoms with Crippen LogP contribution in [0.15, 0.2) is 0 Å². The van der Waals surface area contributed by atoms with Crippen LogP contribution in [0.4, 0.5) is 4.39 Å². The van der Waals surface area contributed by atoms with Crippen molar-refractivity contribution in [1.82, 2.24) is 0 Å². The largest absolute Gasteiger partial charge is 0.251 e. The van der Waals surface area contributed by atoms with Gasteiger partial charge in [-0.1, -0.05) is 57.8 Å². The molecule has 0 aliphatic rings. The van der Waals surface area contributed by atoms with Gasteiger partial charge in [-0.3, -0.25) is 4.39 Å². The standard InChI is InChI=1S/C13H27FS/c14-12-10-8-6-4-2-1-3-5-7-9-11-13-15/h15H,1-13H2. The van der Waals surface area contributed by atoms with Gasteiger partial charge in [0.05, 0.1) is 6.67 Å². The van der Waals surface area contributed by atoms with Gasteiger partial charge in [-0.2, -0.15) is 12.6 Å². The molecule has 0 aliphatic heterocycles. The Kier molecular flexibility index (Phi) is 14.5. The molecule has 0 spiro atoms. The first-order valence-electron chi connectivity index (χ1n) is 6.58. The van der Waals surface area contributed by atoms with E-state index in [-0.39, 0.29) is 6.67 Å². The fourth-order valence-electron chi connectivity index (χ4n) is 1.80. The number of halogens is 1. The van der Waals surface area contributed by atoms with Crippen molar-refractivity contribution in [2.45, 2.75) is 70.6 Å². The average Bonchev–Trinajstić information content (AvgIpc) is 2.26. The second-order valence-corrected chi connectivity index (χ2v) is 4.75. The number of rotatable bonds is 12. The molecule has 0 unspecified atom stereocenters. The van der Waals surface area contributed by atoms with Crippen molar-refractivity contribution in [2.75, 3.05) is 12.4 Å². The molecular formula is C13H27FS. The Bertz CT molecular complexity index is 94.7.